The number of fused-ring (bicyclic) bond motifs is 2. The summed E-state index contributed by atoms with van der Waals surface area (Å²) in [5, 5.41) is 0. The quantitative estimate of drug-likeness (QED) is 0.611. The van der Waals surface area contributed by atoms with Crippen molar-refractivity contribution in [3.63, 3.8) is 0 Å². The van der Waals surface area contributed by atoms with Gasteiger partial charge in [-0.15, -0.1) is 11.8 Å². The Labute approximate surface area is 157 Å². The summed E-state index contributed by atoms with van der Waals surface area (Å²) >= 11 is 1.56. The number of benzene rings is 2. The maximum atomic E-state index is 13.2. The van der Waals surface area contributed by atoms with Crippen molar-refractivity contribution in [2.45, 2.75) is 35.5 Å². The number of rotatable bonds is 3. The van der Waals surface area contributed by atoms with Crippen LogP contribution in [0.2, 0.25) is 0 Å². The molecule has 1 saturated heterocycles. The topological polar surface area (TPSA) is 46.6 Å². The van der Waals surface area contributed by atoms with E-state index in [1.165, 1.54) is 0 Å². The minimum absolute atomic E-state index is 0.0728. The van der Waals surface area contributed by atoms with E-state index in [0.717, 1.165) is 10.5 Å². The van der Waals surface area contributed by atoms with Gasteiger partial charge in [0.15, 0.2) is 5.60 Å². The van der Waals surface area contributed by atoms with Crippen molar-refractivity contribution in [1.29, 1.82) is 0 Å². The highest BCUT2D eigenvalue weighted by molar-refractivity contribution is 8.01. The number of carbonyl (C=O) groups excluding carboxylic acids is 2. The summed E-state index contributed by atoms with van der Waals surface area (Å²) in [6.07, 6.45) is 0.646. The molecule has 0 saturated carbocycles. The first-order valence-corrected chi connectivity index (χ1v) is 9.59. The lowest BCUT2D eigenvalue weighted by molar-refractivity contribution is -0.133. The Morgan fingerprint density at radius 1 is 1.12 bits per heavy atom. The van der Waals surface area contributed by atoms with Crippen LogP contribution in [0.1, 0.15) is 36.2 Å². The molecule has 4 rings (SSSR count). The average Bonchev–Trinajstić information content (AvgIpc) is 3.17. The van der Waals surface area contributed by atoms with Gasteiger partial charge in [-0.2, -0.15) is 0 Å². The summed E-state index contributed by atoms with van der Waals surface area (Å²) in [5.41, 5.74) is 0.852. The third-order valence-electron chi connectivity index (χ3n) is 5.08. The van der Waals surface area contributed by atoms with E-state index in [0.29, 0.717) is 25.1 Å². The highest BCUT2D eigenvalue weighted by Gasteiger charge is 2.52. The molecule has 1 fully saturated rings. The standard InChI is InChI=1S/C21H21NO3S/c1-20(2,26-15-8-4-3-5-9-15)19(24)22-13-12-21(14-22)17-11-7-6-10-16(17)18(23)25-21/h3-11H,12-14H2,1-2H3. The zero-order valence-corrected chi connectivity index (χ0v) is 15.7. The Morgan fingerprint density at radius 3 is 2.58 bits per heavy atom. The van der Waals surface area contributed by atoms with Gasteiger partial charge in [0.2, 0.25) is 5.91 Å². The minimum atomic E-state index is -0.684. The van der Waals surface area contributed by atoms with E-state index < -0.39 is 10.3 Å². The van der Waals surface area contributed by atoms with Crippen LogP contribution in [-0.2, 0) is 15.1 Å². The van der Waals surface area contributed by atoms with Gasteiger partial charge in [-0.3, -0.25) is 4.79 Å². The molecule has 1 unspecified atom stereocenters. The third kappa shape index (κ3) is 2.80. The van der Waals surface area contributed by atoms with E-state index in [9.17, 15) is 9.59 Å². The maximum absolute atomic E-state index is 13.2. The van der Waals surface area contributed by atoms with Crippen LogP contribution in [-0.4, -0.2) is 34.6 Å². The smallest absolute Gasteiger partial charge is 0.339 e. The van der Waals surface area contributed by atoms with Gasteiger partial charge in [0.25, 0.3) is 0 Å². The predicted octanol–water partition coefficient (Wildman–Crippen LogP) is 3.86. The first kappa shape index (κ1) is 17.2. The van der Waals surface area contributed by atoms with Crippen LogP contribution >= 0.6 is 11.8 Å². The lowest BCUT2D eigenvalue weighted by Gasteiger charge is -2.30. The molecule has 1 amide bonds. The van der Waals surface area contributed by atoms with Crippen LogP contribution in [0, 0.1) is 0 Å². The Balaban J connectivity index is 1.54. The summed E-state index contributed by atoms with van der Waals surface area (Å²) in [4.78, 5) is 28.3. The van der Waals surface area contributed by atoms with Gasteiger partial charge in [0.05, 0.1) is 16.9 Å². The molecule has 0 radical (unpaired) electrons. The Hall–Kier alpha value is -2.27. The van der Waals surface area contributed by atoms with Crippen molar-refractivity contribution in [3.8, 4) is 0 Å². The number of nitrogens with zero attached hydrogens (tertiary/aromatic N) is 1. The van der Waals surface area contributed by atoms with E-state index in [1.54, 1.807) is 17.8 Å². The number of carbonyl (C=O) groups is 2. The molecule has 0 aromatic heterocycles. The predicted molar refractivity (Wildman–Crippen MR) is 101 cm³/mol. The number of hydrogen-bond donors (Lipinski definition) is 0. The van der Waals surface area contributed by atoms with Gasteiger partial charge in [-0.1, -0.05) is 36.4 Å². The molecule has 1 spiro atoms. The SMILES string of the molecule is CC(C)(Sc1ccccc1)C(=O)N1CCC2(C1)OC(=O)c1ccccc12. The normalized spacial score (nSPS) is 21.8. The lowest BCUT2D eigenvalue weighted by Crippen LogP contribution is -2.43. The first-order chi connectivity index (χ1) is 12.4. The molecule has 2 aromatic carbocycles. The largest absolute Gasteiger partial charge is 0.449 e. The van der Waals surface area contributed by atoms with E-state index in [2.05, 4.69) is 0 Å². The fourth-order valence-electron chi connectivity index (χ4n) is 3.81. The molecule has 2 aliphatic rings. The van der Waals surface area contributed by atoms with Gasteiger partial charge in [-0.25, -0.2) is 4.79 Å². The second-order valence-electron chi connectivity index (χ2n) is 7.33. The van der Waals surface area contributed by atoms with Crippen LogP contribution in [0.3, 0.4) is 0 Å². The molecular weight excluding hydrogens is 346 g/mol. The number of hydrogen-bond acceptors (Lipinski definition) is 4. The number of likely N-dealkylation sites (tertiary alicyclic amines) is 1. The third-order valence-corrected chi connectivity index (χ3v) is 6.27. The molecular formula is C21H21NO3S. The molecule has 5 heteroatoms. The highest BCUT2D eigenvalue weighted by atomic mass is 32.2. The van der Waals surface area contributed by atoms with Gasteiger partial charge < -0.3 is 9.64 Å². The zero-order chi connectivity index (χ0) is 18.4. The first-order valence-electron chi connectivity index (χ1n) is 8.78. The van der Waals surface area contributed by atoms with Crippen molar-refractivity contribution in [1.82, 2.24) is 4.90 Å². The van der Waals surface area contributed by atoms with Crippen molar-refractivity contribution >= 4 is 23.6 Å². The van der Waals surface area contributed by atoms with Crippen LogP contribution in [0.15, 0.2) is 59.5 Å². The summed E-state index contributed by atoms with van der Waals surface area (Å²) in [7, 11) is 0. The average molecular weight is 367 g/mol. The van der Waals surface area contributed by atoms with E-state index in [4.69, 9.17) is 4.74 Å². The molecule has 2 aliphatic heterocycles. The lowest BCUT2D eigenvalue weighted by atomic mass is 9.91. The van der Waals surface area contributed by atoms with Crippen molar-refractivity contribution < 1.29 is 14.3 Å². The molecule has 1 atom stereocenters. The molecule has 0 bridgehead atoms. The summed E-state index contributed by atoms with van der Waals surface area (Å²) in [6, 6.07) is 17.4. The van der Waals surface area contributed by atoms with E-state index >= 15 is 0 Å². The molecule has 2 heterocycles. The number of ether oxygens (including phenoxy) is 1. The van der Waals surface area contributed by atoms with E-state index in [1.807, 2.05) is 67.3 Å². The summed E-state index contributed by atoms with van der Waals surface area (Å²) in [6.45, 7) is 4.92. The van der Waals surface area contributed by atoms with E-state index in [-0.39, 0.29) is 11.9 Å². The Bertz CT molecular complexity index is 865. The zero-order valence-electron chi connectivity index (χ0n) is 14.9. The Morgan fingerprint density at radius 2 is 1.81 bits per heavy atom. The highest BCUT2D eigenvalue weighted by Crippen LogP contribution is 2.44. The van der Waals surface area contributed by atoms with Gasteiger partial charge >= 0.3 is 5.97 Å². The fraction of sp³-hybridized carbons (Fsp3) is 0.333. The number of esters is 1. The summed E-state index contributed by atoms with van der Waals surface area (Å²) < 4.78 is 5.16. The Kier molecular flexibility index (Phi) is 4.07. The second-order valence-corrected chi connectivity index (χ2v) is 9.03. The van der Waals surface area contributed by atoms with Crippen LogP contribution in [0.25, 0.3) is 0 Å². The molecule has 4 nitrogen and oxygen atoms in total. The van der Waals surface area contributed by atoms with Crippen LogP contribution < -0.4 is 0 Å². The molecule has 2 aromatic rings. The van der Waals surface area contributed by atoms with Crippen molar-refractivity contribution in [2.75, 3.05) is 13.1 Å². The number of thioether (sulfide) groups is 1. The molecule has 0 aliphatic carbocycles. The molecule has 26 heavy (non-hydrogen) atoms. The number of amides is 1. The van der Waals surface area contributed by atoms with Crippen LogP contribution in [0.5, 0.6) is 0 Å². The van der Waals surface area contributed by atoms with Crippen molar-refractivity contribution in [3.05, 3.63) is 65.7 Å². The molecule has 0 N–H and O–H groups in total. The van der Waals surface area contributed by atoms with Crippen LogP contribution in [0.4, 0.5) is 0 Å². The van der Waals surface area contributed by atoms with Crippen molar-refractivity contribution in [2.24, 2.45) is 0 Å². The fourth-order valence-corrected chi connectivity index (χ4v) is 4.91. The monoisotopic (exact) mass is 367 g/mol. The van der Waals surface area contributed by atoms with Gasteiger partial charge in [-0.05, 0) is 32.0 Å². The summed E-state index contributed by atoms with van der Waals surface area (Å²) in [5.74, 6) is -0.212. The van der Waals surface area contributed by atoms with Gasteiger partial charge in [0.1, 0.15) is 0 Å². The maximum Gasteiger partial charge on any atom is 0.339 e. The van der Waals surface area contributed by atoms with Gasteiger partial charge in [0, 0.05) is 23.4 Å². The minimum Gasteiger partial charge on any atom is -0.449 e. The molecule has 134 valence electrons. The second kappa shape index (κ2) is 6.16.